The number of carbonyl (C=O) groups excluding carboxylic acids is 1. The Kier molecular flexibility index (Phi) is 4.57. The molecule has 0 aliphatic carbocycles. The molecule has 2 aliphatic rings. The van der Waals surface area contributed by atoms with Gasteiger partial charge in [-0.15, -0.1) is 0 Å². The van der Waals surface area contributed by atoms with E-state index in [1.54, 1.807) is 6.92 Å². The van der Waals surface area contributed by atoms with Gasteiger partial charge in [0, 0.05) is 45.6 Å². The quantitative estimate of drug-likeness (QED) is 0.814. The van der Waals surface area contributed by atoms with Crippen molar-refractivity contribution >= 4 is 11.7 Å². The van der Waals surface area contributed by atoms with Gasteiger partial charge in [0.05, 0.1) is 18.1 Å². The molecular weight excluding hydrogens is 278 g/mol. The molecule has 1 amide bonds. The normalized spacial score (nSPS) is 23.6. The minimum atomic E-state index is 0.155. The summed E-state index contributed by atoms with van der Waals surface area (Å²) in [5.41, 5.74) is 1.11. The summed E-state index contributed by atoms with van der Waals surface area (Å²) < 4.78 is 0. The molecule has 0 unspecified atom stereocenters. The van der Waals surface area contributed by atoms with Gasteiger partial charge in [-0.05, 0) is 26.4 Å². The molecule has 0 saturated carbocycles. The highest BCUT2D eigenvalue weighted by molar-refractivity contribution is 5.73. The van der Waals surface area contributed by atoms with Crippen LogP contribution in [0.1, 0.15) is 31.4 Å². The topological polar surface area (TPSA) is 52.6 Å². The lowest BCUT2D eigenvalue weighted by atomic mass is 9.95. The summed E-state index contributed by atoms with van der Waals surface area (Å²) in [4.78, 5) is 27.1. The number of hydrogen-bond acceptors (Lipinski definition) is 5. The predicted molar refractivity (Wildman–Crippen MR) is 86.0 cm³/mol. The van der Waals surface area contributed by atoms with E-state index in [4.69, 9.17) is 0 Å². The predicted octanol–water partition coefficient (Wildman–Crippen LogP) is 0.954. The van der Waals surface area contributed by atoms with Crippen LogP contribution in [0.2, 0.25) is 0 Å². The van der Waals surface area contributed by atoms with Gasteiger partial charge in [0.25, 0.3) is 0 Å². The van der Waals surface area contributed by atoms with E-state index < -0.39 is 0 Å². The average molecular weight is 303 g/mol. The summed E-state index contributed by atoms with van der Waals surface area (Å²) >= 11 is 0. The molecule has 2 fully saturated rings. The number of rotatable bonds is 2. The van der Waals surface area contributed by atoms with Crippen LogP contribution in [0.5, 0.6) is 0 Å². The van der Waals surface area contributed by atoms with Crippen LogP contribution in [0, 0.1) is 0 Å². The summed E-state index contributed by atoms with van der Waals surface area (Å²) in [6.07, 6.45) is 6.27. The second-order valence-corrected chi connectivity index (χ2v) is 6.39. The summed E-state index contributed by atoms with van der Waals surface area (Å²) in [6, 6.07) is 0. The highest BCUT2D eigenvalue weighted by Gasteiger charge is 2.22. The van der Waals surface area contributed by atoms with Gasteiger partial charge in [-0.2, -0.15) is 0 Å². The SMILES string of the molecule is CC(=O)N1CCN(c2cnc([C@@H]3CCCN(C)C3)cn2)CC1. The molecule has 0 spiro atoms. The molecule has 0 N–H and O–H groups in total. The van der Waals surface area contributed by atoms with Gasteiger partial charge >= 0.3 is 0 Å². The van der Waals surface area contributed by atoms with Crippen molar-refractivity contribution < 1.29 is 4.79 Å². The molecule has 6 heteroatoms. The number of likely N-dealkylation sites (tertiary alicyclic amines) is 1. The van der Waals surface area contributed by atoms with Crippen molar-refractivity contribution in [1.82, 2.24) is 19.8 Å². The number of piperidine rings is 1. The van der Waals surface area contributed by atoms with Gasteiger partial charge < -0.3 is 14.7 Å². The van der Waals surface area contributed by atoms with Gasteiger partial charge in [-0.1, -0.05) is 0 Å². The Morgan fingerprint density at radius 1 is 1.14 bits per heavy atom. The Balaban J connectivity index is 1.61. The number of piperazine rings is 1. The van der Waals surface area contributed by atoms with E-state index >= 15 is 0 Å². The number of likely N-dealkylation sites (N-methyl/N-ethyl adjacent to an activating group) is 1. The zero-order valence-electron chi connectivity index (χ0n) is 13.5. The maximum absolute atomic E-state index is 11.4. The molecule has 1 atom stereocenters. The maximum Gasteiger partial charge on any atom is 0.219 e. The Morgan fingerprint density at radius 2 is 1.91 bits per heavy atom. The second-order valence-electron chi connectivity index (χ2n) is 6.39. The fraction of sp³-hybridized carbons (Fsp3) is 0.688. The van der Waals surface area contributed by atoms with Crippen molar-refractivity contribution in [3.05, 3.63) is 18.1 Å². The molecule has 0 bridgehead atoms. The van der Waals surface area contributed by atoms with Gasteiger partial charge in [0.1, 0.15) is 5.82 Å². The van der Waals surface area contributed by atoms with Crippen LogP contribution < -0.4 is 4.90 Å². The molecule has 6 nitrogen and oxygen atoms in total. The van der Waals surface area contributed by atoms with Gasteiger partial charge in [0.15, 0.2) is 0 Å². The lowest BCUT2D eigenvalue weighted by Crippen LogP contribution is -2.48. The van der Waals surface area contributed by atoms with Crippen molar-refractivity contribution in [2.45, 2.75) is 25.7 Å². The van der Waals surface area contributed by atoms with Crippen molar-refractivity contribution in [2.24, 2.45) is 0 Å². The zero-order valence-corrected chi connectivity index (χ0v) is 13.5. The van der Waals surface area contributed by atoms with E-state index in [9.17, 15) is 4.79 Å². The lowest BCUT2D eigenvalue weighted by molar-refractivity contribution is -0.129. The Morgan fingerprint density at radius 3 is 2.50 bits per heavy atom. The fourth-order valence-corrected chi connectivity index (χ4v) is 3.36. The first-order chi connectivity index (χ1) is 10.6. The van der Waals surface area contributed by atoms with Crippen LogP contribution in [0.4, 0.5) is 5.82 Å². The highest BCUT2D eigenvalue weighted by Crippen LogP contribution is 2.25. The van der Waals surface area contributed by atoms with Crippen LogP contribution >= 0.6 is 0 Å². The summed E-state index contributed by atoms with van der Waals surface area (Å²) in [6.45, 7) is 7.09. The van der Waals surface area contributed by atoms with E-state index in [0.29, 0.717) is 5.92 Å². The van der Waals surface area contributed by atoms with Crippen molar-refractivity contribution in [3.63, 3.8) is 0 Å². The molecule has 0 aromatic carbocycles. The first-order valence-corrected chi connectivity index (χ1v) is 8.14. The third-order valence-corrected chi connectivity index (χ3v) is 4.75. The van der Waals surface area contributed by atoms with Crippen LogP contribution in [-0.2, 0) is 4.79 Å². The number of anilines is 1. The minimum absolute atomic E-state index is 0.155. The number of nitrogens with zero attached hydrogens (tertiary/aromatic N) is 5. The maximum atomic E-state index is 11.4. The van der Waals surface area contributed by atoms with E-state index in [1.165, 1.54) is 19.4 Å². The summed E-state index contributed by atoms with van der Waals surface area (Å²) in [7, 11) is 2.17. The fourth-order valence-electron chi connectivity index (χ4n) is 3.36. The molecule has 0 radical (unpaired) electrons. The van der Waals surface area contributed by atoms with Crippen LogP contribution in [0.15, 0.2) is 12.4 Å². The number of amides is 1. The Bertz CT molecular complexity index is 510. The molecule has 1 aromatic heterocycles. The first kappa shape index (κ1) is 15.2. The van der Waals surface area contributed by atoms with Crippen LogP contribution in [0.3, 0.4) is 0 Å². The average Bonchev–Trinajstić information content (AvgIpc) is 2.55. The molecule has 120 valence electrons. The first-order valence-electron chi connectivity index (χ1n) is 8.14. The molecular formula is C16H25N5O. The van der Waals surface area contributed by atoms with Crippen molar-refractivity contribution in [2.75, 3.05) is 51.2 Å². The van der Waals surface area contributed by atoms with Gasteiger partial charge in [-0.3, -0.25) is 9.78 Å². The van der Waals surface area contributed by atoms with Crippen LogP contribution in [-0.4, -0.2) is 72.0 Å². The molecule has 2 aliphatic heterocycles. The lowest BCUT2D eigenvalue weighted by Gasteiger charge is -2.35. The van der Waals surface area contributed by atoms with Crippen molar-refractivity contribution in [1.29, 1.82) is 0 Å². The number of aromatic nitrogens is 2. The largest absolute Gasteiger partial charge is 0.352 e. The third-order valence-electron chi connectivity index (χ3n) is 4.75. The molecule has 3 heterocycles. The smallest absolute Gasteiger partial charge is 0.219 e. The monoisotopic (exact) mass is 303 g/mol. The zero-order chi connectivity index (χ0) is 15.5. The van der Waals surface area contributed by atoms with Crippen LogP contribution in [0.25, 0.3) is 0 Å². The Labute approximate surface area is 132 Å². The molecule has 3 rings (SSSR count). The Hall–Kier alpha value is -1.69. The van der Waals surface area contributed by atoms with E-state index in [2.05, 4.69) is 26.8 Å². The second kappa shape index (κ2) is 6.60. The van der Waals surface area contributed by atoms with E-state index in [0.717, 1.165) is 44.2 Å². The standard InChI is InChI=1S/C16H25N5O/c1-13(22)20-6-8-21(9-7-20)16-11-17-15(10-18-16)14-4-3-5-19(2)12-14/h10-11,14H,3-9,12H2,1-2H3/t14-/m1/s1. The van der Waals surface area contributed by atoms with Crippen molar-refractivity contribution in [3.8, 4) is 0 Å². The molecule has 22 heavy (non-hydrogen) atoms. The van der Waals surface area contributed by atoms with Gasteiger partial charge in [0.2, 0.25) is 5.91 Å². The molecule has 1 aromatic rings. The van der Waals surface area contributed by atoms with Gasteiger partial charge in [-0.25, -0.2) is 4.98 Å². The summed E-state index contributed by atoms with van der Waals surface area (Å²) in [5.74, 6) is 1.59. The van der Waals surface area contributed by atoms with E-state index in [1.807, 2.05) is 17.3 Å². The number of carbonyl (C=O) groups is 1. The molecule has 2 saturated heterocycles. The number of hydrogen-bond donors (Lipinski definition) is 0. The summed E-state index contributed by atoms with van der Waals surface area (Å²) in [5, 5.41) is 0. The minimum Gasteiger partial charge on any atom is -0.352 e. The third kappa shape index (κ3) is 3.38. The highest BCUT2D eigenvalue weighted by atomic mass is 16.2. The van der Waals surface area contributed by atoms with E-state index in [-0.39, 0.29) is 5.91 Å².